The Bertz CT molecular complexity index is 529. The first kappa shape index (κ1) is 9.54. The highest BCUT2D eigenvalue weighted by Crippen LogP contribution is 2.39. The van der Waals surface area contributed by atoms with Crippen molar-refractivity contribution < 1.29 is 19.0 Å². The Morgan fingerprint density at radius 1 is 1.44 bits per heavy atom. The fraction of sp³-hybridized carbons (Fsp3) is 0.333. The monoisotopic (exact) mass is 220 g/mol. The van der Waals surface area contributed by atoms with Crippen LogP contribution in [-0.4, -0.2) is 24.4 Å². The predicted octanol–water partition coefficient (Wildman–Crippen LogP) is 1.87. The van der Waals surface area contributed by atoms with Crippen molar-refractivity contribution in [2.75, 3.05) is 13.2 Å². The third-order valence-electron chi connectivity index (χ3n) is 2.65. The van der Waals surface area contributed by atoms with E-state index < -0.39 is 0 Å². The molecule has 0 spiro atoms. The summed E-state index contributed by atoms with van der Waals surface area (Å²) in [5.74, 6) is 2.20. The van der Waals surface area contributed by atoms with E-state index in [-0.39, 0.29) is 12.7 Å². The van der Waals surface area contributed by atoms with Crippen LogP contribution in [0.15, 0.2) is 22.6 Å². The number of benzene rings is 1. The number of hydrogen-bond acceptors (Lipinski definition) is 4. The van der Waals surface area contributed by atoms with Gasteiger partial charge in [-0.15, -0.1) is 0 Å². The van der Waals surface area contributed by atoms with E-state index >= 15 is 0 Å². The summed E-state index contributed by atoms with van der Waals surface area (Å²) in [5, 5.41) is 9.96. The van der Waals surface area contributed by atoms with Crippen LogP contribution in [0.3, 0.4) is 0 Å². The molecule has 2 heterocycles. The molecule has 1 aromatic heterocycles. The topological polar surface area (TPSA) is 51.8 Å². The molecule has 3 rings (SSSR count). The lowest BCUT2D eigenvalue weighted by Gasteiger charge is -2.25. The first-order chi connectivity index (χ1) is 7.78. The molecule has 1 aromatic carbocycles. The number of furan rings is 1. The molecule has 0 saturated carbocycles. The first-order valence-corrected chi connectivity index (χ1v) is 5.21. The maximum absolute atomic E-state index is 9.07. The Morgan fingerprint density at radius 2 is 2.31 bits per heavy atom. The van der Waals surface area contributed by atoms with Crippen molar-refractivity contribution in [1.29, 1.82) is 0 Å². The van der Waals surface area contributed by atoms with Gasteiger partial charge in [0.15, 0.2) is 17.6 Å². The van der Waals surface area contributed by atoms with Crippen molar-refractivity contribution in [1.82, 2.24) is 0 Å². The largest absolute Gasteiger partial charge is 0.486 e. The number of aryl methyl sites for hydroxylation is 1. The maximum Gasteiger partial charge on any atom is 0.173 e. The van der Waals surface area contributed by atoms with E-state index in [1.807, 2.05) is 25.1 Å². The molecule has 1 N–H and O–H groups in total. The van der Waals surface area contributed by atoms with E-state index in [0.29, 0.717) is 18.1 Å². The third-order valence-corrected chi connectivity index (χ3v) is 2.65. The molecule has 0 bridgehead atoms. The van der Waals surface area contributed by atoms with E-state index in [0.717, 1.165) is 16.7 Å². The molecule has 0 saturated heterocycles. The van der Waals surface area contributed by atoms with Gasteiger partial charge >= 0.3 is 0 Å². The zero-order valence-corrected chi connectivity index (χ0v) is 8.90. The lowest BCUT2D eigenvalue weighted by molar-refractivity contribution is 0.0472. The number of ether oxygens (including phenoxy) is 2. The van der Waals surface area contributed by atoms with Gasteiger partial charge in [0.2, 0.25) is 0 Å². The average Bonchev–Trinajstić information content (AvgIpc) is 2.69. The summed E-state index contributed by atoms with van der Waals surface area (Å²) < 4.78 is 16.7. The molecule has 1 atom stereocenters. The minimum Gasteiger partial charge on any atom is -0.486 e. The normalized spacial score (nSPS) is 19.0. The second kappa shape index (κ2) is 3.42. The molecule has 16 heavy (non-hydrogen) atoms. The van der Waals surface area contributed by atoms with Crippen LogP contribution in [-0.2, 0) is 0 Å². The van der Waals surface area contributed by atoms with Gasteiger partial charge < -0.3 is 19.0 Å². The van der Waals surface area contributed by atoms with Crippen LogP contribution in [0.1, 0.15) is 5.76 Å². The smallest absolute Gasteiger partial charge is 0.173 e. The van der Waals surface area contributed by atoms with Gasteiger partial charge in [-0.05, 0) is 25.1 Å². The van der Waals surface area contributed by atoms with Gasteiger partial charge in [0, 0.05) is 0 Å². The fourth-order valence-electron chi connectivity index (χ4n) is 1.90. The molecular weight excluding hydrogens is 208 g/mol. The summed E-state index contributed by atoms with van der Waals surface area (Å²) in [6.07, 6.45) is -0.298. The van der Waals surface area contributed by atoms with Gasteiger partial charge in [0.05, 0.1) is 12.0 Å². The van der Waals surface area contributed by atoms with E-state index in [9.17, 15) is 0 Å². The fourth-order valence-corrected chi connectivity index (χ4v) is 1.90. The molecule has 0 radical (unpaired) electrons. The Labute approximate surface area is 92.4 Å². The molecule has 0 fully saturated rings. The van der Waals surface area contributed by atoms with E-state index in [1.165, 1.54) is 0 Å². The molecule has 4 heteroatoms. The maximum atomic E-state index is 9.07. The number of aliphatic hydroxyl groups excluding tert-OH is 1. The van der Waals surface area contributed by atoms with Crippen molar-refractivity contribution in [3.05, 3.63) is 24.0 Å². The standard InChI is InChI=1S/C12H12O4/c1-7-4-9-10(15-7)2-3-11-12(9)16-8(5-13)6-14-11/h2-4,8,13H,5-6H2,1H3. The zero-order chi connectivity index (χ0) is 11.1. The van der Waals surface area contributed by atoms with Crippen LogP contribution in [0.25, 0.3) is 11.0 Å². The van der Waals surface area contributed by atoms with Gasteiger partial charge in [-0.3, -0.25) is 0 Å². The summed E-state index contributed by atoms with van der Waals surface area (Å²) >= 11 is 0. The third kappa shape index (κ3) is 1.34. The quantitative estimate of drug-likeness (QED) is 0.797. The van der Waals surface area contributed by atoms with Gasteiger partial charge in [0.25, 0.3) is 0 Å². The van der Waals surface area contributed by atoms with Gasteiger partial charge in [-0.1, -0.05) is 0 Å². The summed E-state index contributed by atoms with van der Waals surface area (Å²) in [6, 6.07) is 5.61. The van der Waals surface area contributed by atoms with E-state index in [1.54, 1.807) is 0 Å². The van der Waals surface area contributed by atoms with Crippen molar-refractivity contribution in [3.63, 3.8) is 0 Å². The van der Waals surface area contributed by atoms with Crippen LogP contribution in [0.5, 0.6) is 11.5 Å². The van der Waals surface area contributed by atoms with Crippen LogP contribution in [0, 0.1) is 6.92 Å². The molecule has 4 nitrogen and oxygen atoms in total. The lowest BCUT2D eigenvalue weighted by atomic mass is 10.2. The summed E-state index contributed by atoms with van der Waals surface area (Å²) in [7, 11) is 0. The SMILES string of the molecule is Cc1cc2c3c(ccc2o1)OCC(CO)O3. The van der Waals surface area contributed by atoms with Crippen molar-refractivity contribution in [3.8, 4) is 11.5 Å². The summed E-state index contributed by atoms with van der Waals surface area (Å²) in [4.78, 5) is 0. The highest BCUT2D eigenvalue weighted by Gasteiger charge is 2.23. The second-order valence-electron chi connectivity index (χ2n) is 3.90. The van der Waals surface area contributed by atoms with Gasteiger partial charge in [0.1, 0.15) is 18.0 Å². The van der Waals surface area contributed by atoms with Gasteiger partial charge in [-0.2, -0.15) is 0 Å². The molecule has 1 aliphatic heterocycles. The molecule has 84 valence electrons. The Kier molecular flexibility index (Phi) is 2.04. The molecular formula is C12H12O4. The number of aliphatic hydroxyl groups is 1. The van der Waals surface area contributed by atoms with Crippen molar-refractivity contribution >= 4 is 11.0 Å². The molecule has 2 aromatic rings. The molecule has 1 unspecified atom stereocenters. The van der Waals surface area contributed by atoms with E-state index in [2.05, 4.69) is 0 Å². The van der Waals surface area contributed by atoms with Crippen molar-refractivity contribution in [2.24, 2.45) is 0 Å². The van der Waals surface area contributed by atoms with Gasteiger partial charge in [-0.25, -0.2) is 0 Å². The van der Waals surface area contributed by atoms with Crippen LogP contribution in [0.2, 0.25) is 0 Å². The first-order valence-electron chi connectivity index (χ1n) is 5.21. The van der Waals surface area contributed by atoms with E-state index in [4.69, 9.17) is 19.0 Å². The zero-order valence-electron chi connectivity index (χ0n) is 8.90. The minimum atomic E-state index is -0.298. The van der Waals surface area contributed by atoms with Crippen LogP contribution in [0.4, 0.5) is 0 Å². The summed E-state index contributed by atoms with van der Waals surface area (Å²) in [6.45, 7) is 2.22. The van der Waals surface area contributed by atoms with Crippen LogP contribution < -0.4 is 9.47 Å². The number of rotatable bonds is 1. The Balaban J connectivity index is 2.17. The second-order valence-corrected chi connectivity index (χ2v) is 3.90. The highest BCUT2D eigenvalue weighted by molar-refractivity contribution is 5.87. The summed E-state index contributed by atoms with van der Waals surface area (Å²) in [5.41, 5.74) is 0.776. The van der Waals surface area contributed by atoms with Crippen molar-refractivity contribution in [2.45, 2.75) is 13.0 Å². The number of hydrogen-bond donors (Lipinski definition) is 1. The highest BCUT2D eigenvalue weighted by atomic mass is 16.6. The molecule has 0 aliphatic carbocycles. The molecule has 0 amide bonds. The number of fused-ring (bicyclic) bond motifs is 3. The molecule has 1 aliphatic rings. The Hall–Kier alpha value is -1.68. The Morgan fingerprint density at radius 3 is 3.12 bits per heavy atom. The minimum absolute atomic E-state index is 0.0489. The lowest BCUT2D eigenvalue weighted by Crippen LogP contribution is -2.32. The van der Waals surface area contributed by atoms with Crippen LogP contribution >= 0.6 is 0 Å². The average molecular weight is 220 g/mol. The predicted molar refractivity (Wildman–Crippen MR) is 57.9 cm³/mol.